The highest BCUT2D eigenvalue weighted by Gasteiger charge is 2.11. The lowest BCUT2D eigenvalue weighted by Gasteiger charge is -2.18. The molecular weight excluding hydrogens is 287 g/mol. The summed E-state index contributed by atoms with van der Waals surface area (Å²) in [4.78, 5) is 4.22. The molecule has 4 N–H and O–H groups in total. The van der Waals surface area contributed by atoms with Crippen LogP contribution in [-0.2, 0) is 4.74 Å². The molecule has 0 fully saturated rings. The van der Waals surface area contributed by atoms with Gasteiger partial charge in [-0.2, -0.15) is 0 Å². The largest absolute Gasteiger partial charge is 0.383 e. The minimum Gasteiger partial charge on any atom is -0.383 e. The Morgan fingerprint density at radius 3 is 2.79 bits per heavy atom. The van der Waals surface area contributed by atoms with Gasteiger partial charge in [-0.05, 0) is 24.6 Å². The minimum absolute atomic E-state index is 0.0536. The number of aliphatic imine (C=N–C) groups is 1. The topological polar surface area (TPSA) is 71.7 Å². The molecule has 0 heterocycles. The van der Waals surface area contributed by atoms with Gasteiger partial charge in [0.1, 0.15) is 0 Å². The number of ether oxygens (including phenoxy) is 1. The van der Waals surface area contributed by atoms with Crippen LogP contribution in [0.5, 0.6) is 0 Å². The van der Waals surface area contributed by atoms with Crippen molar-refractivity contribution >= 4 is 29.2 Å². The van der Waals surface area contributed by atoms with Gasteiger partial charge in [0.15, 0.2) is 0 Å². The van der Waals surface area contributed by atoms with E-state index in [2.05, 4.69) is 15.7 Å². The molecule has 5 nitrogen and oxygen atoms in total. The number of hydrogen-bond donors (Lipinski definition) is 3. The first-order valence-electron chi connectivity index (χ1n) is 5.80. The van der Waals surface area contributed by atoms with E-state index in [1.165, 1.54) is 0 Å². The third-order valence-corrected chi connectivity index (χ3v) is 3.05. The van der Waals surface area contributed by atoms with E-state index < -0.39 is 0 Å². The molecule has 0 aliphatic heterocycles. The normalized spacial score (nSPS) is 13.2. The monoisotopic (exact) mass is 304 g/mol. The van der Waals surface area contributed by atoms with Crippen molar-refractivity contribution < 1.29 is 4.74 Å². The molecular formula is C12H18Cl2N4O. The number of nitrogens with two attached hydrogens (primary N) is 1. The van der Waals surface area contributed by atoms with Crippen LogP contribution in [0.25, 0.3) is 0 Å². The van der Waals surface area contributed by atoms with Gasteiger partial charge in [0.25, 0.3) is 0 Å². The predicted molar refractivity (Wildman–Crippen MR) is 79.5 cm³/mol. The van der Waals surface area contributed by atoms with Crippen LogP contribution >= 0.6 is 23.2 Å². The van der Waals surface area contributed by atoms with Gasteiger partial charge in [0.05, 0.1) is 19.2 Å². The first-order chi connectivity index (χ1) is 9.08. The molecule has 0 radical (unpaired) electrons. The fraction of sp³-hybridized carbons (Fsp3) is 0.417. The maximum Gasteiger partial charge on any atom is 0.206 e. The zero-order valence-electron chi connectivity index (χ0n) is 10.9. The standard InChI is InChI=1S/C12H18Cl2N4O/c1-8(10-4-3-9(13)7-11(10)14)17-12(18-15)16-5-6-19-2/h3-4,7-8H,5-6,15H2,1-2H3,(H2,16,17,18). The summed E-state index contributed by atoms with van der Waals surface area (Å²) in [6.07, 6.45) is 0. The quantitative estimate of drug-likeness (QED) is 0.256. The highest BCUT2D eigenvalue weighted by Crippen LogP contribution is 2.25. The molecule has 1 rings (SSSR count). The number of hydrogen-bond acceptors (Lipinski definition) is 3. The first kappa shape index (κ1) is 16.0. The molecule has 0 saturated carbocycles. The van der Waals surface area contributed by atoms with E-state index in [9.17, 15) is 0 Å². The van der Waals surface area contributed by atoms with Gasteiger partial charge in [0.2, 0.25) is 5.96 Å². The molecule has 1 aromatic carbocycles. The third-order valence-electron chi connectivity index (χ3n) is 2.48. The van der Waals surface area contributed by atoms with Gasteiger partial charge >= 0.3 is 0 Å². The van der Waals surface area contributed by atoms with Crippen LogP contribution in [0.3, 0.4) is 0 Å². The molecule has 0 aliphatic rings. The Morgan fingerprint density at radius 2 is 2.21 bits per heavy atom. The molecule has 0 saturated heterocycles. The van der Waals surface area contributed by atoms with Crippen molar-refractivity contribution in [2.75, 3.05) is 20.3 Å². The van der Waals surface area contributed by atoms with E-state index >= 15 is 0 Å². The summed E-state index contributed by atoms with van der Waals surface area (Å²) >= 11 is 12.0. The van der Waals surface area contributed by atoms with Crippen molar-refractivity contribution in [3.63, 3.8) is 0 Å². The lowest BCUT2D eigenvalue weighted by Crippen LogP contribution is -2.43. The van der Waals surface area contributed by atoms with Crippen LogP contribution in [0, 0.1) is 0 Å². The Balaban J connectivity index is 2.71. The van der Waals surface area contributed by atoms with Crippen LogP contribution in [0.15, 0.2) is 23.2 Å². The molecule has 0 aliphatic carbocycles. The lowest BCUT2D eigenvalue weighted by atomic mass is 10.1. The van der Waals surface area contributed by atoms with Crippen LogP contribution < -0.4 is 16.6 Å². The van der Waals surface area contributed by atoms with Crippen molar-refractivity contribution in [2.24, 2.45) is 10.8 Å². The number of rotatable bonds is 5. The fourth-order valence-electron chi connectivity index (χ4n) is 1.52. The summed E-state index contributed by atoms with van der Waals surface area (Å²) in [5.74, 6) is 5.89. The number of benzene rings is 1. The Hall–Kier alpha value is -1.01. The highest BCUT2D eigenvalue weighted by molar-refractivity contribution is 6.35. The number of halogens is 2. The second-order valence-electron chi connectivity index (χ2n) is 3.90. The summed E-state index contributed by atoms with van der Waals surface area (Å²) in [6.45, 7) is 3.01. The first-order valence-corrected chi connectivity index (χ1v) is 6.55. The van der Waals surface area contributed by atoms with E-state index in [0.717, 1.165) is 5.56 Å². The van der Waals surface area contributed by atoms with E-state index in [-0.39, 0.29) is 6.04 Å². The smallest absolute Gasteiger partial charge is 0.206 e. The van der Waals surface area contributed by atoms with Crippen molar-refractivity contribution in [3.05, 3.63) is 33.8 Å². The second kappa shape index (κ2) is 8.22. The van der Waals surface area contributed by atoms with Gasteiger partial charge in [0, 0.05) is 17.2 Å². The van der Waals surface area contributed by atoms with Gasteiger partial charge in [-0.15, -0.1) is 0 Å². The van der Waals surface area contributed by atoms with Crippen molar-refractivity contribution in [2.45, 2.75) is 13.0 Å². The number of guanidine groups is 1. The van der Waals surface area contributed by atoms with Crippen LogP contribution in [-0.4, -0.2) is 26.2 Å². The van der Waals surface area contributed by atoms with Crippen molar-refractivity contribution in [3.8, 4) is 0 Å². The zero-order chi connectivity index (χ0) is 14.3. The Bertz CT molecular complexity index is 440. The molecule has 1 atom stereocenters. The van der Waals surface area contributed by atoms with Crippen molar-refractivity contribution in [1.82, 2.24) is 10.7 Å². The van der Waals surface area contributed by atoms with Crippen LogP contribution in [0.2, 0.25) is 10.0 Å². The van der Waals surface area contributed by atoms with Crippen LogP contribution in [0.4, 0.5) is 0 Å². The van der Waals surface area contributed by atoms with Crippen molar-refractivity contribution in [1.29, 1.82) is 0 Å². The maximum atomic E-state index is 6.14. The number of nitrogens with one attached hydrogen (secondary N) is 2. The Kier molecular flexibility index (Phi) is 6.94. The van der Waals surface area contributed by atoms with Gasteiger partial charge in [-0.25, -0.2) is 10.8 Å². The Morgan fingerprint density at radius 1 is 1.47 bits per heavy atom. The van der Waals surface area contributed by atoms with Gasteiger partial charge in [-0.1, -0.05) is 29.3 Å². The molecule has 0 amide bonds. The highest BCUT2D eigenvalue weighted by atomic mass is 35.5. The van der Waals surface area contributed by atoms with E-state index in [4.69, 9.17) is 33.8 Å². The maximum absolute atomic E-state index is 6.14. The molecule has 0 bridgehead atoms. The average molecular weight is 305 g/mol. The molecule has 19 heavy (non-hydrogen) atoms. The van der Waals surface area contributed by atoms with E-state index in [0.29, 0.717) is 29.2 Å². The molecule has 7 heteroatoms. The molecule has 1 unspecified atom stereocenters. The SMILES string of the molecule is COCCN=C(NN)NC(C)c1ccc(Cl)cc1Cl. The molecule has 0 spiro atoms. The molecule has 1 aromatic rings. The molecule has 106 valence electrons. The van der Waals surface area contributed by atoms with E-state index in [1.807, 2.05) is 13.0 Å². The summed E-state index contributed by atoms with van der Waals surface area (Å²) < 4.78 is 4.92. The van der Waals surface area contributed by atoms with Crippen LogP contribution in [0.1, 0.15) is 18.5 Å². The summed E-state index contributed by atoms with van der Waals surface area (Å²) in [5.41, 5.74) is 3.42. The number of nitrogens with zero attached hydrogens (tertiary/aromatic N) is 1. The summed E-state index contributed by atoms with van der Waals surface area (Å²) in [5, 5.41) is 4.33. The predicted octanol–water partition coefficient (Wildman–Crippen LogP) is 2.11. The van der Waals surface area contributed by atoms with E-state index in [1.54, 1.807) is 19.2 Å². The number of hydrazine groups is 1. The summed E-state index contributed by atoms with van der Waals surface area (Å²) in [7, 11) is 1.62. The third kappa shape index (κ3) is 5.24. The second-order valence-corrected chi connectivity index (χ2v) is 4.74. The Labute approximate surface area is 123 Å². The van der Waals surface area contributed by atoms with Gasteiger partial charge < -0.3 is 10.1 Å². The zero-order valence-corrected chi connectivity index (χ0v) is 12.4. The minimum atomic E-state index is -0.0536. The number of methoxy groups -OCH3 is 1. The van der Waals surface area contributed by atoms with Gasteiger partial charge in [-0.3, -0.25) is 5.43 Å². The average Bonchev–Trinajstić information content (AvgIpc) is 2.37. The fourth-order valence-corrected chi connectivity index (χ4v) is 2.09. The molecule has 0 aromatic heterocycles. The summed E-state index contributed by atoms with van der Waals surface area (Å²) in [6, 6.07) is 5.31. The lowest BCUT2D eigenvalue weighted by molar-refractivity contribution is 0.208.